The maximum Gasteiger partial charge on any atom is 0.253 e. The summed E-state index contributed by atoms with van der Waals surface area (Å²) in [4.78, 5) is 25.4. The summed E-state index contributed by atoms with van der Waals surface area (Å²) < 4.78 is 0. The van der Waals surface area contributed by atoms with Crippen molar-refractivity contribution in [3.05, 3.63) is 65.4 Å². The van der Waals surface area contributed by atoms with Gasteiger partial charge in [-0.2, -0.15) is 0 Å². The third-order valence-electron chi connectivity index (χ3n) is 3.91. The lowest BCUT2D eigenvalue weighted by Crippen LogP contribution is -2.34. The van der Waals surface area contributed by atoms with Gasteiger partial charge in [0.15, 0.2) is 0 Å². The molecule has 1 amide bonds. The topological polar surface area (TPSA) is 67.8 Å². The van der Waals surface area contributed by atoms with Crippen molar-refractivity contribution in [3.63, 3.8) is 0 Å². The summed E-state index contributed by atoms with van der Waals surface area (Å²) in [5.74, 6) is -0.111. The SMILES string of the molecule is Cc1ccc2nc(C)c(C(=O)N[C@@H](C)Cc3cnccn3)cc2c1. The van der Waals surface area contributed by atoms with Crippen LogP contribution in [0.4, 0.5) is 0 Å². The van der Waals surface area contributed by atoms with Crippen LogP contribution in [0.15, 0.2) is 42.9 Å². The van der Waals surface area contributed by atoms with Crippen LogP contribution in [0, 0.1) is 13.8 Å². The molecular formula is C19H20N4O. The molecule has 0 saturated heterocycles. The summed E-state index contributed by atoms with van der Waals surface area (Å²) in [5, 5.41) is 4.00. The Balaban J connectivity index is 1.79. The van der Waals surface area contributed by atoms with Crippen molar-refractivity contribution in [2.75, 3.05) is 0 Å². The lowest BCUT2D eigenvalue weighted by atomic mass is 10.1. The first-order valence-corrected chi connectivity index (χ1v) is 7.96. The predicted octanol–water partition coefficient (Wildman–Crippen LogP) is 3.00. The highest BCUT2D eigenvalue weighted by molar-refractivity contribution is 5.98. The van der Waals surface area contributed by atoms with Gasteiger partial charge in [0, 0.05) is 36.4 Å². The zero-order valence-corrected chi connectivity index (χ0v) is 14.1. The van der Waals surface area contributed by atoms with Crippen LogP contribution in [0.1, 0.15) is 34.2 Å². The zero-order chi connectivity index (χ0) is 17.1. The second-order valence-electron chi connectivity index (χ2n) is 6.09. The number of benzene rings is 1. The average Bonchev–Trinajstić information content (AvgIpc) is 2.55. The van der Waals surface area contributed by atoms with E-state index in [0.29, 0.717) is 12.0 Å². The Labute approximate surface area is 141 Å². The molecule has 0 aliphatic rings. The molecule has 0 aliphatic carbocycles. The van der Waals surface area contributed by atoms with E-state index in [-0.39, 0.29) is 11.9 Å². The van der Waals surface area contributed by atoms with E-state index in [2.05, 4.69) is 20.3 Å². The molecule has 3 rings (SSSR count). The number of carbonyl (C=O) groups is 1. The number of hydrogen-bond donors (Lipinski definition) is 1. The van der Waals surface area contributed by atoms with Crippen molar-refractivity contribution in [2.45, 2.75) is 33.2 Å². The highest BCUT2D eigenvalue weighted by atomic mass is 16.1. The number of fused-ring (bicyclic) bond motifs is 1. The fraction of sp³-hybridized carbons (Fsp3) is 0.263. The lowest BCUT2D eigenvalue weighted by molar-refractivity contribution is 0.0939. The van der Waals surface area contributed by atoms with Gasteiger partial charge in [-0.05, 0) is 39.0 Å². The Bertz CT molecular complexity index is 877. The van der Waals surface area contributed by atoms with Gasteiger partial charge in [0.2, 0.25) is 0 Å². The van der Waals surface area contributed by atoms with E-state index in [1.165, 1.54) is 0 Å². The molecular weight excluding hydrogens is 300 g/mol. The molecule has 24 heavy (non-hydrogen) atoms. The van der Waals surface area contributed by atoms with E-state index in [4.69, 9.17) is 0 Å². The Morgan fingerprint density at radius 3 is 2.79 bits per heavy atom. The number of rotatable bonds is 4. The van der Waals surface area contributed by atoms with Gasteiger partial charge >= 0.3 is 0 Å². The average molecular weight is 320 g/mol. The first-order chi connectivity index (χ1) is 11.5. The fourth-order valence-corrected chi connectivity index (χ4v) is 2.72. The highest BCUT2D eigenvalue weighted by Crippen LogP contribution is 2.18. The molecule has 0 bridgehead atoms. The second kappa shape index (κ2) is 6.74. The Morgan fingerprint density at radius 2 is 2.04 bits per heavy atom. The van der Waals surface area contributed by atoms with Gasteiger partial charge in [-0.25, -0.2) is 0 Å². The van der Waals surface area contributed by atoms with Crippen molar-refractivity contribution in [1.82, 2.24) is 20.3 Å². The molecule has 122 valence electrons. The molecule has 0 aliphatic heterocycles. The molecule has 0 spiro atoms. The predicted molar refractivity (Wildman–Crippen MR) is 93.9 cm³/mol. The minimum absolute atomic E-state index is 0.0400. The largest absolute Gasteiger partial charge is 0.349 e. The number of hydrogen-bond acceptors (Lipinski definition) is 4. The number of aryl methyl sites for hydroxylation is 2. The standard InChI is InChI=1S/C19H20N4O/c1-12-4-5-18-15(8-12)10-17(14(3)23-18)19(24)22-13(2)9-16-11-20-6-7-21-16/h4-8,10-11,13H,9H2,1-3H3,(H,22,24)/t13-/m0/s1. The Hall–Kier alpha value is -2.82. The summed E-state index contributed by atoms with van der Waals surface area (Å²) in [6, 6.07) is 7.92. The van der Waals surface area contributed by atoms with Gasteiger partial charge < -0.3 is 5.32 Å². The van der Waals surface area contributed by atoms with Gasteiger partial charge in [-0.3, -0.25) is 19.7 Å². The van der Waals surface area contributed by atoms with Gasteiger partial charge in [0.25, 0.3) is 5.91 Å². The zero-order valence-electron chi connectivity index (χ0n) is 14.1. The van der Waals surface area contributed by atoms with Crippen LogP contribution < -0.4 is 5.32 Å². The third kappa shape index (κ3) is 3.56. The summed E-state index contributed by atoms with van der Waals surface area (Å²) in [5.41, 5.74) is 4.25. The van der Waals surface area contributed by atoms with Crippen molar-refractivity contribution in [1.29, 1.82) is 0 Å². The lowest BCUT2D eigenvalue weighted by Gasteiger charge is -2.15. The monoisotopic (exact) mass is 320 g/mol. The molecule has 0 fully saturated rings. The molecule has 0 radical (unpaired) electrons. The normalized spacial score (nSPS) is 12.1. The summed E-state index contributed by atoms with van der Waals surface area (Å²) in [6.07, 6.45) is 5.65. The van der Waals surface area contributed by atoms with Crippen LogP contribution in [0.2, 0.25) is 0 Å². The van der Waals surface area contributed by atoms with E-state index in [1.54, 1.807) is 18.6 Å². The first-order valence-electron chi connectivity index (χ1n) is 7.96. The van der Waals surface area contributed by atoms with E-state index in [0.717, 1.165) is 27.9 Å². The molecule has 1 N–H and O–H groups in total. The minimum Gasteiger partial charge on any atom is -0.349 e. The molecule has 2 heterocycles. The van der Waals surface area contributed by atoms with E-state index >= 15 is 0 Å². The summed E-state index contributed by atoms with van der Waals surface area (Å²) in [7, 11) is 0. The van der Waals surface area contributed by atoms with Gasteiger partial charge in [0.05, 0.1) is 22.5 Å². The van der Waals surface area contributed by atoms with Crippen LogP contribution in [0.5, 0.6) is 0 Å². The van der Waals surface area contributed by atoms with E-state index < -0.39 is 0 Å². The molecule has 1 aromatic carbocycles. The minimum atomic E-state index is -0.111. The number of nitrogens with zero attached hydrogens (tertiary/aromatic N) is 3. The van der Waals surface area contributed by atoms with Crippen molar-refractivity contribution in [3.8, 4) is 0 Å². The molecule has 3 aromatic rings. The molecule has 5 heteroatoms. The molecule has 0 unspecified atom stereocenters. The molecule has 2 aromatic heterocycles. The van der Waals surface area contributed by atoms with Crippen molar-refractivity contribution < 1.29 is 4.79 Å². The molecule has 0 saturated carbocycles. The smallest absolute Gasteiger partial charge is 0.253 e. The summed E-state index contributed by atoms with van der Waals surface area (Å²) >= 11 is 0. The van der Waals surface area contributed by atoms with Crippen LogP contribution >= 0.6 is 0 Å². The quantitative estimate of drug-likeness (QED) is 0.802. The Morgan fingerprint density at radius 1 is 1.21 bits per heavy atom. The number of nitrogens with one attached hydrogen (secondary N) is 1. The van der Waals surface area contributed by atoms with Crippen LogP contribution in [0.25, 0.3) is 10.9 Å². The first kappa shape index (κ1) is 16.1. The number of amides is 1. The van der Waals surface area contributed by atoms with Gasteiger partial charge in [0.1, 0.15) is 0 Å². The number of aromatic nitrogens is 3. The maximum atomic E-state index is 12.6. The van der Waals surface area contributed by atoms with E-state index in [9.17, 15) is 4.79 Å². The molecule has 5 nitrogen and oxygen atoms in total. The number of pyridine rings is 1. The fourth-order valence-electron chi connectivity index (χ4n) is 2.72. The highest BCUT2D eigenvalue weighted by Gasteiger charge is 2.15. The van der Waals surface area contributed by atoms with Gasteiger partial charge in [-0.1, -0.05) is 11.6 Å². The van der Waals surface area contributed by atoms with Gasteiger partial charge in [-0.15, -0.1) is 0 Å². The Kier molecular flexibility index (Phi) is 4.51. The van der Waals surface area contributed by atoms with Crippen molar-refractivity contribution in [2.24, 2.45) is 0 Å². The molecule has 1 atom stereocenters. The van der Waals surface area contributed by atoms with Crippen molar-refractivity contribution >= 4 is 16.8 Å². The van der Waals surface area contributed by atoms with E-state index in [1.807, 2.05) is 45.0 Å². The maximum absolute atomic E-state index is 12.6. The van der Waals surface area contributed by atoms with Crippen LogP contribution in [-0.2, 0) is 6.42 Å². The van der Waals surface area contributed by atoms with Crippen LogP contribution in [0.3, 0.4) is 0 Å². The third-order valence-corrected chi connectivity index (χ3v) is 3.91. The summed E-state index contributed by atoms with van der Waals surface area (Å²) in [6.45, 7) is 5.85. The second-order valence-corrected chi connectivity index (χ2v) is 6.09. The van der Waals surface area contributed by atoms with Crippen LogP contribution in [-0.4, -0.2) is 26.9 Å². The number of carbonyl (C=O) groups excluding carboxylic acids is 1.